The Kier molecular flexibility index (Phi) is 3.29. The molecule has 0 aliphatic carbocycles. The van der Waals surface area contributed by atoms with Crippen molar-refractivity contribution in [2.24, 2.45) is 0 Å². The van der Waals surface area contributed by atoms with Gasteiger partial charge in [-0.05, 0) is 31.0 Å². The van der Waals surface area contributed by atoms with Crippen LogP contribution in [-0.2, 0) is 9.53 Å². The summed E-state index contributed by atoms with van der Waals surface area (Å²) in [5.74, 6) is 0. The molecule has 1 aliphatic rings. The molecule has 1 fully saturated rings. The fourth-order valence-electron chi connectivity index (χ4n) is 1.75. The van der Waals surface area contributed by atoms with Crippen molar-refractivity contribution in [3.63, 3.8) is 0 Å². The molecule has 1 aromatic rings. The molecule has 0 aromatic heterocycles. The molecule has 2 nitrogen and oxygen atoms in total. The smallest absolute Gasteiger partial charge is 0.148 e. The van der Waals surface area contributed by atoms with Gasteiger partial charge in [-0.15, -0.1) is 0 Å². The normalized spacial score (nSPS) is 25.5. The first-order chi connectivity index (χ1) is 7.20. The highest BCUT2D eigenvalue weighted by molar-refractivity contribution is 6.33. The highest BCUT2D eigenvalue weighted by atomic mass is 35.5. The number of carbonyl (C=O) groups is 1. The highest BCUT2D eigenvalue weighted by Crippen LogP contribution is 2.36. The van der Waals surface area contributed by atoms with Crippen molar-refractivity contribution in [1.82, 2.24) is 0 Å². The molecule has 2 atom stereocenters. The average Bonchev–Trinajstić information content (AvgIpc) is 2.70. The molecule has 0 amide bonds. The second-order valence-corrected chi connectivity index (χ2v) is 4.39. The topological polar surface area (TPSA) is 26.3 Å². The van der Waals surface area contributed by atoms with Crippen LogP contribution >= 0.6 is 23.2 Å². The van der Waals surface area contributed by atoms with Gasteiger partial charge in [-0.3, -0.25) is 0 Å². The highest BCUT2D eigenvalue weighted by Gasteiger charge is 2.27. The van der Waals surface area contributed by atoms with Crippen molar-refractivity contribution in [3.05, 3.63) is 33.8 Å². The molecule has 0 bridgehead atoms. The summed E-state index contributed by atoms with van der Waals surface area (Å²) in [6.07, 6.45) is 1.98. The Morgan fingerprint density at radius 2 is 2.13 bits per heavy atom. The molecule has 80 valence electrons. The standard InChI is InChI=1S/C11H10Cl2O2/c12-7-1-3-10(13)9(5-7)11-4-2-8(6-14)15-11/h1,3,5-6,8,11H,2,4H2. The van der Waals surface area contributed by atoms with Crippen LogP contribution in [0.1, 0.15) is 24.5 Å². The molecule has 1 heterocycles. The van der Waals surface area contributed by atoms with Crippen LogP contribution < -0.4 is 0 Å². The number of ether oxygens (including phenoxy) is 1. The van der Waals surface area contributed by atoms with Gasteiger partial charge in [-0.1, -0.05) is 23.2 Å². The van der Waals surface area contributed by atoms with Crippen molar-refractivity contribution >= 4 is 29.5 Å². The number of benzene rings is 1. The Labute approximate surface area is 98.1 Å². The van der Waals surface area contributed by atoms with E-state index in [4.69, 9.17) is 27.9 Å². The van der Waals surface area contributed by atoms with Crippen LogP contribution in [0.5, 0.6) is 0 Å². The second kappa shape index (κ2) is 4.52. The van der Waals surface area contributed by atoms with E-state index in [1.54, 1.807) is 18.2 Å². The van der Waals surface area contributed by atoms with E-state index in [0.717, 1.165) is 24.7 Å². The number of carbonyl (C=O) groups excluding carboxylic acids is 1. The third kappa shape index (κ3) is 2.33. The molecule has 1 saturated heterocycles. The SMILES string of the molecule is O=CC1CCC(c2cc(Cl)ccc2Cl)O1. The molecule has 2 rings (SSSR count). The molecular formula is C11H10Cl2O2. The van der Waals surface area contributed by atoms with Gasteiger partial charge < -0.3 is 9.53 Å². The lowest BCUT2D eigenvalue weighted by Crippen LogP contribution is -2.07. The third-order valence-electron chi connectivity index (χ3n) is 2.51. The van der Waals surface area contributed by atoms with Crippen molar-refractivity contribution < 1.29 is 9.53 Å². The van der Waals surface area contributed by atoms with E-state index >= 15 is 0 Å². The van der Waals surface area contributed by atoms with Gasteiger partial charge in [0.1, 0.15) is 12.4 Å². The molecule has 1 aliphatic heterocycles. The minimum atomic E-state index is -0.301. The zero-order valence-corrected chi connectivity index (χ0v) is 9.46. The van der Waals surface area contributed by atoms with E-state index in [1.807, 2.05) is 0 Å². The van der Waals surface area contributed by atoms with Crippen LogP contribution in [0.25, 0.3) is 0 Å². The zero-order chi connectivity index (χ0) is 10.8. The lowest BCUT2D eigenvalue weighted by atomic mass is 10.1. The Balaban J connectivity index is 2.23. The number of halogens is 2. The van der Waals surface area contributed by atoms with Gasteiger partial charge in [0.05, 0.1) is 6.10 Å². The van der Waals surface area contributed by atoms with Crippen LogP contribution in [-0.4, -0.2) is 12.4 Å². The monoisotopic (exact) mass is 244 g/mol. The Bertz CT molecular complexity index is 379. The van der Waals surface area contributed by atoms with Crippen LogP contribution in [0.2, 0.25) is 10.0 Å². The maximum atomic E-state index is 10.6. The van der Waals surface area contributed by atoms with Gasteiger partial charge >= 0.3 is 0 Å². The summed E-state index contributed by atoms with van der Waals surface area (Å²) in [7, 11) is 0. The summed E-state index contributed by atoms with van der Waals surface area (Å²) >= 11 is 11.9. The van der Waals surface area contributed by atoms with E-state index in [-0.39, 0.29) is 12.2 Å². The van der Waals surface area contributed by atoms with E-state index in [2.05, 4.69) is 0 Å². The maximum absolute atomic E-state index is 10.6. The summed E-state index contributed by atoms with van der Waals surface area (Å²) < 4.78 is 5.52. The van der Waals surface area contributed by atoms with E-state index in [9.17, 15) is 4.79 Å². The van der Waals surface area contributed by atoms with Crippen molar-refractivity contribution in [3.8, 4) is 0 Å². The van der Waals surface area contributed by atoms with Crippen molar-refractivity contribution in [2.45, 2.75) is 25.0 Å². The first kappa shape index (κ1) is 10.9. The summed E-state index contributed by atoms with van der Waals surface area (Å²) in [6, 6.07) is 5.28. The summed E-state index contributed by atoms with van der Waals surface area (Å²) in [4.78, 5) is 10.6. The first-order valence-electron chi connectivity index (χ1n) is 4.76. The van der Waals surface area contributed by atoms with Crippen LogP contribution in [0.15, 0.2) is 18.2 Å². The molecule has 0 N–H and O–H groups in total. The largest absolute Gasteiger partial charge is 0.363 e. The summed E-state index contributed by atoms with van der Waals surface area (Å²) in [5.41, 5.74) is 0.869. The van der Waals surface area contributed by atoms with Gasteiger partial charge in [-0.2, -0.15) is 0 Å². The molecule has 0 saturated carbocycles. The fourth-order valence-corrected chi connectivity index (χ4v) is 2.17. The zero-order valence-electron chi connectivity index (χ0n) is 7.95. The number of aldehydes is 1. The number of hydrogen-bond acceptors (Lipinski definition) is 2. The van der Waals surface area contributed by atoms with Gasteiger partial charge in [0, 0.05) is 15.6 Å². The van der Waals surface area contributed by atoms with Gasteiger partial charge in [0.2, 0.25) is 0 Å². The Morgan fingerprint density at radius 1 is 1.33 bits per heavy atom. The first-order valence-corrected chi connectivity index (χ1v) is 5.52. The summed E-state index contributed by atoms with van der Waals surface area (Å²) in [5, 5.41) is 1.27. The third-order valence-corrected chi connectivity index (χ3v) is 3.09. The van der Waals surface area contributed by atoms with Gasteiger partial charge in [-0.25, -0.2) is 0 Å². The molecular weight excluding hydrogens is 235 g/mol. The van der Waals surface area contributed by atoms with Crippen LogP contribution in [0.3, 0.4) is 0 Å². The molecule has 15 heavy (non-hydrogen) atoms. The Morgan fingerprint density at radius 3 is 2.80 bits per heavy atom. The second-order valence-electron chi connectivity index (χ2n) is 3.54. The molecule has 2 unspecified atom stereocenters. The van der Waals surface area contributed by atoms with E-state index in [1.165, 1.54) is 0 Å². The number of rotatable bonds is 2. The van der Waals surface area contributed by atoms with Crippen molar-refractivity contribution in [2.75, 3.05) is 0 Å². The molecule has 0 spiro atoms. The lowest BCUT2D eigenvalue weighted by molar-refractivity contribution is -0.117. The number of hydrogen-bond donors (Lipinski definition) is 0. The van der Waals surface area contributed by atoms with Crippen LogP contribution in [0.4, 0.5) is 0 Å². The molecule has 1 aromatic carbocycles. The van der Waals surface area contributed by atoms with E-state index < -0.39 is 0 Å². The van der Waals surface area contributed by atoms with E-state index in [0.29, 0.717) is 10.0 Å². The Hall–Kier alpha value is -0.570. The van der Waals surface area contributed by atoms with Crippen molar-refractivity contribution in [1.29, 1.82) is 0 Å². The van der Waals surface area contributed by atoms with Gasteiger partial charge in [0.25, 0.3) is 0 Å². The average molecular weight is 245 g/mol. The minimum absolute atomic E-state index is 0.105. The fraction of sp³-hybridized carbons (Fsp3) is 0.364. The quantitative estimate of drug-likeness (QED) is 0.746. The predicted molar refractivity (Wildman–Crippen MR) is 59.4 cm³/mol. The van der Waals surface area contributed by atoms with Crippen LogP contribution in [0, 0.1) is 0 Å². The lowest BCUT2D eigenvalue weighted by Gasteiger charge is -2.12. The minimum Gasteiger partial charge on any atom is -0.363 e. The molecule has 4 heteroatoms. The van der Waals surface area contributed by atoms with Gasteiger partial charge in [0.15, 0.2) is 0 Å². The summed E-state index contributed by atoms with van der Waals surface area (Å²) in [6.45, 7) is 0. The molecule has 0 radical (unpaired) electrons. The maximum Gasteiger partial charge on any atom is 0.148 e. The predicted octanol–water partition coefficient (Wildman–Crippen LogP) is 3.41.